The number of likely N-dealkylation sites (N-methyl/N-ethyl adjacent to an activating group) is 1. The summed E-state index contributed by atoms with van der Waals surface area (Å²) in [5.74, 6) is -0.0574. The van der Waals surface area contributed by atoms with Crippen molar-refractivity contribution in [2.75, 3.05) is 33.7 Å². The maximum Gasteiger partial charge on any atom is 0.244 e. The van der Waals surface area contributed by atoms with Crippen LogP contribution in [-0.2, 0) is 14.8 Å². The molecule has 1 atom stereocenters. The summed E-state index contributed by atoms with van der Waals surface area (Å²) in [7, 11) is 0.224. The molecule has 0 aromatic heterocycles. The fourth-order valence-corrected chi connectivity index (χ4v) is 6.83. The number of nitrogens with zero attached hydrogens (tertiary/aromatic N) is 3. The highest BCUT2D eigenvalue weighted by atomic mass is 32.2. The van der Waals surface area contributed by atoms with Gasteiger partial charge < -0.3 is 9.80 Å². The van der Waals surface area contributed by atoms with Gasteiger partial charge in [0.2, 0.25) is 15.9 Å². The summed E-state index contributed by atoms with van der Waals surface area (Å²) in [6, 6.07) is 3.40. The Balaban J connectivity index is 1.85. The second-order valence-corrected chi connectivity index (χ2v) is 10.3. The molecule has 2 heterocycles. The summed E-state index contributed by atoms with van der Waals surface area (Å²) in [5.41, 5.74) is 2.54. The molecule has 2 aliphatic rings. The molecule has 1 amide bonds. The molecule has 1 aromatic carbocycles. The quantitative estimate of drug-likeness (QED) is 0.769. The van der Waals surface area contributed by atoms with Crippen LogP contribution >= 0.6 is 0 Å². The Hall–Kier alpha value is -1.44. The van der Waals surface area contributed by atoms with Crippen molar-refractivity contribution in [3.8, 4) is 0 Å². The lowest BCUT2D eigenvalue weighted by molar-refractivity contribution is -0.136. The van der Waals surface area contributed by atoms with Gasteiger partial charge in [0, 0.05) is 19.6 Å². The third-order valence-electron chi connectivity index (χ3n) is 6.24. The number of amides is 1. The van der Waals surface area contributed by atoms with Crippen LogP contribution in [0.2, 0.25) is 0 Å². The highest BCUT2D eigenvalue weighted by Crippen LogP contribution is 2.32. The second-order valence-electron chi connectivity index (χ2n) is 8.49. The Kier molecular flexibility index (Phi) is 6.17. The van der Waals surface area contributed by atoms with E-state index in [9.17, 15) is 13.2 Å². The molecular formula is C21H33N3O3S. The van der Waals surface area contributed by atoms with Gasteiger partial charge in [0.1, 0.15) is 6.04 Å². The summed E-state index contributed by atoms with van der Waals surface area (Å²) in [5, 5.41) is 0. The van der Waals surface area contributed by atoms with E-state index in [1.54, 1.807) is 4.90 Å². The molecule has 2 saturated heterocycles. The zero-order valence-corrected chi connectivity index (χ0v) is 18.6. The molecule has 1 unspecified atom stereocenters. The summed E-state index contributed by atoms with van der Waals surface area (Å²) in [6.07, 6.45) is 3.20. The topological polar surface area (TPSA) is 60.9 Å². The first-order valence-corrected chi connectivity index (χ1v) is 11.6. The molecular weight excluding hydrogens is 374 g/mol. The van der Waals surface area contributed by atoms with Crippen LogP contribution in [0.25, 0.3) is 0 Å². The highest BCUT2D eigenvalue weighted by molar-refractivity contribution is 7.89. The average Bonchev–Trinajstić information content (AvgIpc) is 3.10. The van der Waals surface area contributed by atoms with Gasteiger partial charge in [-0.2, -0.15) is 4.31 Å². The Labute approximate surface area is 169 Å². The van der Waals surface area contributed by atoms with Crippen molar-refractivity contribution < 1.29 is 13.2 Å². The average molecular weight is 408 g/mol. The number of sulfonamides is 1. The molecule has 2 aliphatic heterocycles. The molecule has 0 spiro atoms. The smallest absolute Gasteiger partial charge is 0.244 e. The number of likely N-dealkylation sites (tertiary alicyclic amines) is 1. The normalized spacial score (nSPS) is 22.5. The van der Waals surface area contributed by atoms with Crippen LogP contribution in [0, 0.1) is 20.8 Å². The molecule has 0 bridgehead atoms. The predicted octanol–water partition coefficient (Wildman–Crippen LogP) is 2.32. The fourth-order valence-electron chi connectivity index (χ4n) is 4.76. The van der Waals surface area contributed by atoms with Gasteiger partial charge in [-0.3, -0.25) is 4.79 Å². The number of carbonyl (C=O) groups excluding carboxylic acids is 1. The summed E-state index contributed by atoms with van der Waals surface area (Å²) >= 11 is 0. The lowest BCUT2D eigenvalue weighted by Crippen LogP contribution is -2.51. The van der Waals surface area contributed by atoms with E-state index in [4.69, 9.17) is 0 Å². The standard InChI is InChI=1S/C21H33N3O3S/c1-15-13-16(2)20(17(3)14-15)28(26,27)24-10-6-7-19(24)21(25)23(5)18-8-11-22(4)12-9-18/h13-14,18-19H,6-12H2,1-5H3. The number of piperidine rings is 1. The monoisotopic (exact) mass is 407 g/mol. The third-order valence-corrected chi connectivity index (χ3v) is 8.46. The highest BCUT2D eigenvalue weighted by Gasteiger charge is 2.42. The van der Waals surface area contributed by atoms with E-state index in [1.165, 1.54) is 4.31 Å². The summed E-state index contributed by atoms with van der Waals surface area (Å²) in [4.78, 5) is 17.7. The minimum Gasteiger partial charge on any atom is -0.341 e. The van der Waals surface area contributed by atoms with E-state index in [2.05, 4.69) is 11.9 Å². The third kappa shape index (κ3) is 3.98. The molecule has 0 aliphatic carbocycles. The van der Waals surface area contributed by atoms with Crippen molar-refractivity contribution in [3.05, 3.63) is 28.8 Å². The van der Waals surface area contributed by atoms with Gasteiger partial charge in [-0.05, 0) is 77.7 Å². The van der Waals surface area contributed by atoms with E-state index < -0.39 is 16.1 Å². The molecule has 0 saturated carbocycles. The van der Waals surface area contributed by atoms with Crippen LogP contribution in [0.4, 0.5) is 0 Å². The van der Waals surface area contributed by atoms with Gasteiger partial charge in [0.25, 0.3) is 0 Å². The van der Waals surface area contributed by atoms with Crippen LogP contribution < -0.4 is 0 Å². The Morgan fingerprint density at radius 2 is 1.61 bits per heavy atom. The maximum atomic E-state index is 13.5. The number of hydrogen-bond donors (Lipinski definition) is 0. The summed E-state index contributed by atoms with van der Waals surface area (Å²) < 4.78 is 28.4. The fraction of sp³-hybridized carbons (Fsp3) is 0.667. The molecule has 3 rings (SSSR count). The van der Waals surface area contributed by atoms with Crippen molar-refractivity contribution in [1.29, 1.82) is 0 Å². The van der Waals surface area contributed by atoms with E-state index in [0.29, 0.717) is 17.9 Å². The lowest BCUT2D eigenvalue weighted by atomic mass is 10.0. The molecule has 0 radical (unpaired) electrons. The van der Waals surface area contributed by atoms with Crippen LogP contribution in [0.15, 0.2) is 17.0 Å². The summed E-state index contributed by atoms with van der Waals surface area (Å²) in [6.45, 7) is 7.99. The molecule has 0 N–H and O–H groups in total. The number of rotatable bonds is 4. The zero-order valence-electron chi connectivity index (χ0n) is 17.7. The van der Waals surface area contributed by atoms with Crippen LogP contribution in [0.1, 0.15) is 42.4 Å². The van der Waals surface area contributed by atoms with Crippen molar-refractivity contribution >= 4 is 15.9 Å². The van der Waals surface area contributed by atoms with E-state index in [-0.39, 0.29) is 11.9 Å². The van der Waals surface area contributed by atoms with Crippen LogP contribution in [0.5, 0.6) is 0 Å². The van der Waals surface area contributed by atoms with Gasteiger partial charge in [-0.25, -0.2) is 8.42 Å². The van der Waals surface area contributed by atoms with E-state index >= 15 is 0 Å². The number of hydrogen-bond acceptors (Lipinski definition) is 4. The number of aryl methyl sites for hydroxylation is 3. The zero-order chi connectivity index (χ0) is 20.6. The maximum absolute atomic E-state index is 13.5. The molecule has 2 fully saturated rings. The van der Waals surface area contributed by atoms with E-state index in [1.807, 2.05) is 40.0 Å². The lowest BCUT2D eigenvalue weighted by Gasteiger charge is -2.37. The molecule has 28 heavy (non-hydrogen) atoms. The van der Waals surface area contributed by atoms with Gasteiger partial charge in [-0.1, -0.05) is 17.7 Å². The molecule has 6 nitrogen and oxygen atoms in total. The minimum atomic E-state index is -3.71. The van der Waals surface area contributed by atoms with Crippen molar-refractivity contribution in [2.24, 2.45) is 0 Å². The molecule has 1 aromatic rings. The number of carbonyl (C=O) groups is 1. The SMILES string of the molecule is Cc1cc(C)c(S(=O)(=O)N2CCCC2C(=O)N(C)C2CCN(C)CC2)c(C)c1. The van der Waals surface area contributed by atoms with Crippen LogP contribution in [0.3, 0.4) is 0 Å². The molecule has 7 heteroatoms. The Morgan fingerprint density at radius 1 is 1.04 bits per heavy atom. The van der Waals surface area contributed by atoms with Gasteiger partial charge in [-0.15, -0.1) is 0 Å². The number of benzene rings is 1. The minimum absolute atomic E-state index is 0.0574. The van der Waals surface area contributed by atoms with Crippen LogP contribution in [-0.4, -0.2) is 74.2 Å². The van der Waals surface area contributed by atoms with E-state index in [0.717, 1.165) is 49.0 Å². The predicted molar refractivity (Wildman–Crippen MR) is 111 cm³/mol. The first-order chi connectivity index (χ1) is 13.1. The van der Waals surface area contributed by atoms with Gasteiger partial charge in [0.15, 0.2) is 0 Å². The van der Waals surface area contributed by atoms with Crippen molar-refractivity contribution in [3.63, 3.8) is 0 Å². The van der Waals surface area contributed by atoms with Crippen molar-refractivity contribution in [2.45, 2.75) is 63.4 Å². The Bertz CT molecular complexity index is 821. The van der Waals surface area contributed by atoms with Crippen molar-refractivity contribution in [1.82, 2.24) is 14.1 Å². The molecule has 156 valence electrons. The second kappa shape index (κ2) is 8.13. The Morgan fingerprint density at radius 3 is 2.18 bits per heavy atom. The largest absolute Gasteiger partial charge is 0.341 e. The van der Waals surface area contributed by atoms with Gasteiger partial charge in [0.05, 0.1) is 4.90 Å². The first kappa shape index (κ1) is 21.3. The first-order valence-electron chi connectivity index (χ1n) is 10.2. The van der Waals surface area contributed by atoms with Gasteiger partial charge >= 0.3 is 0 Å².